The maximum atomic E-state index is 13.0. The Morgan fingerprint density at radius 1 is 0.829 bits per heavy atom. The fraction of sp³-hybridized carbons (Fsp3) is 0.148. The van der Waals surface area contributed by atoms with Crippen molar-refractivity contribution in [1.29, 1.82) is 0 Å². The third-order valence-electron chi connectivity index (χ3n) is 4.83. The molecule has 0 aliphatic rings. The van der Waals surface area contributed by atoms with Gasteiger partial charge < -0.3 is 15.5 Å². The number of hydrogen-bond donors (Lipinski definition) is 3. The highest BCUT2D eigenvalue weighted by molar-refractivity contribution is 6.30. The number of hydrogen-bond acceptors (Lipinski definition) is 4. The summed E-state index contributed by atoms with van der Waals surface area (Å²) in [6, 6.07) is 27.2. The van der Waals surface area contributed by atoms with Crippen LogP contribution in [0.4, 0.5) is 0 Å². The van der Waals surface area contributed by atoms with E-state index in [-0.39, 0.29) is 11.9 Å². The lowest BCUT2D eigenvalue weighted by atomic mass is 10.0. The number of benzene rings is 3. The standard InChI is InChI=1S/C23H23ClN2O.C4H4O4/c1-26(17-19-12-14-21(24)15-13-19)22(20-10-6-3-7-11-20)23(27)25-16-18-8-4-2-5-9-18;5-3(6)1-2-4(7)8/h2-15,22H,16-17H2,1H3,(H,25,27);1-2H,(H,5,6)(H,7,8). The van der Waals surface area contributed by atoms with Crippen LogP contribution in [0.25, 0.3) is 0 Å². The lowest BCUT2D eigenvalue weighted by Crippen LogP contribution is -2.38. The molecule has 0 radical (unpaired) electrons. The highest BCUT2D eigenvalue weighted by Crippen LogP contribution is 2.22. The van der Waals surface area contributed by atoms with Crippen molar-refractivity contribution in [1.82, 2.24) is 10.2 Å². The van der Waals surface area contributed by atoms with Crippen LogP contribution in [-0.2, 0) is 27.5 Å². The van der Waals surface area contributed by atoms with Crippen molar-refractivity contribution in [3.05, 3.63) is 119 Å². The molecule has 35 heavy (non-hydrogen) atoms. The smallest absolute Gasteiger partial charge is 0.328 e. The summed E-state index contributed by atoms with van der Waals surface area (Å²) in [5, 5.41) is 19.4. The van der Waals surface area contributed by atoms with Crippen molar-refractivity contribution in [3.63, 3.8) is 0 Å². The molecule has 0 spiro atoms. The summed E-state index contributed by atoms with van der Waals surface area (Å²) in [6.07, 6.45) is 1.12. The summed E-state index contributed by atoms with van der Waals surface area (Å²) >= 11 is 5.98. The van der Waals surface area contributed by atoms with Gasteiger partial charge in [0.2, 0.25) is 5.91 Å². The molecule has 182 valence electrons. The predicted octanol–water partition coefficient (Wildman–Crippen LogP) is 4.54. The Morgan fingerprint density at radius 2 is 1.34 bits per heavy atom. The second-order valence-corrected chi connectivity index (χ2v) is 8.00. The number of nitrogens with one attached hydrogen (secondary N) is 1. The number of amides is 1. The van der Waals surface area contributed by atoms with E-state index in [1.807, 2.05) is 92.0 Å². The van der Waals surface area contributed by atoms with E-state index in [1.165, 1.54) is 0 Å². The van der Waals surface area contributed by atoms with E-state index in [0.717, 1.165) is 16.7 Å². The molecule has 0 aliphatic heterocycles. The maximum Gasteiger partial charge on any atom is 0.328 e. The molecule has 3 N–H and O–H groups in total. The van der Waals surface area contributed by atoms with Crippen molar-refractivity contribution >= 4 is 29.4 Å². The molecule has 7 nitrogen and oxygen atoms in total. The zero-order valence-corrected chi connectivity index (χ0v) is 19.9. The monoisotopic (exact) mass is 494 g/mol. The van der Waals surface area contributed by atoms with Crippen molar-refractivity contribution in [2.45, 2.75) is 19.1 Å². The molecule has 0 saturated heterocycles. The predicted molar refractivity (Wildman–Crippen MR) is 135 cm³/mol. The molecule has 1 amide bonds. The van der Waals surface area contributed by atoms with Crippen molar-refractivity contribution in [2.75, 3.05) is 7.05 Å². The van der Waals surface area contributed by atoms with Crippen molar-refractivity contribution < 1.29 is 24.6 Å². The third kappa shape index (κ3) is 10.2. The quantitative estimate of drug-likeness (QED) is 0.377. The molecule has 0 fully saturated rings. The Bertz CT molecular complexity index is 1100. The minimum absolute atomic E-state index is 0.0125. The Kier molecular flexibility index (Phi) is 11.2. The zero-order chi connectivity index (χ0) is 25.6. The molecular formula is C27H27ClN2O5. The number of carbonyl (C=O) groups excluding carboxylic acids is 1. The van der Waals surface area contributed by atoms with Crippen LogP contribution in [0, 0.1) is 0 Å². The highest BCUT2D eigenvalue weighted by atomic mass is 35.5. The first-order valence-corrected chi connectivity index (χ1v) is 11.1. The van der Waals surface area contributed by atoms with Gasteiger partial charge in [-0.25, -0.2) is 9.59 Å². The molecule has 1 atom stereocenters. The van der Waals surface area contributed by atoms with Crippen LogP contribution < -0.4 is 5.32 Å². The van der Waals surface area contributed by atoms with E-state index in [4.69, 9.17) is 21.8 Å². The number of aliphatic carboxylic acids is 2. The number of likely N-dealkylation sites (N-methyl/N-ethyl adjacent to an activating group) is 1. The summed E-state index contributed by atoms with van der Waals surface area (Å²) in [7, 11) is 1.97. The first-order chi connectivity index (χ1) is 16.8. The number of carboxylic acid groups (broad SMARTS) is 2. The average Bonchev–Trinajstić information content (AvgIpc) is 2.85. The van der Waals surface area contributed by atoms with E-state index in [9.17, 15) is 14.4 Å². The Hall–Kier alpha value is -3.94. The van der Waals surface area contributed by atoms with Crippen LogP contribution in [0.15, 0.2) is 97.1 Å². The maximum absolute atomic E-state index is 13.0. The van der Waals surface area contributed by atoms with Gasteiger partial charge in [-0.1, -0.05) is 84.4 Å². The SMILES string of the molecule is CN(Cc1ccc(Cl)cc1)C(C(=O)NCc1ccccc1)c1ccccc1.O=C(O)C=CC(=O)O. The van der Waals surface area contributed by atoms with Crippen molar-refractivity contribution in [2.24, 2.45) is 0 Å². The highest BCUT2D eigenvalue weighted by Gasteiger charge is 2.25. The molecule has 0 aromatic heterocycles. The van der Waals surface area contributed by atoms with Crippen LogP contribution in [-0.4, -0.2) is 40.0 Å². The molecule has 0 heterocycles. The van der Waals surface area contributed by atoms with E-state index in [1.54, 1.807) is 0 Å². The topological polar surface area (TPSA) is 107 Å². The number of halogens is 1. The lowest BCUT2D eigenvalue weighted by Gasteiger charge is -2.27. The average molecular weight is 495 g/mol. The molecule has 0 saturated carbocycles. The van der Waals surface area contributed by atoms with Gasteiger partial charge in [-0.05, 0) is 35.9 Å². The lowest BCUT2D eigenvalue weighted by molar-refractivity contribution is -0.134. The van der Waals surface area contributed by atoms with Gasteiger partial charge in [0.25, 0.3) is 0 Å². The summed E-state index contributed by atoms with van der Waals surface area (Å²) in [6.45, 7) is 1.16. The zero-order valence-electron chi connectivity index (χ0n) is 19.2. The van der Waals surface area contributed by atoms with Crippen LogP contribution >= 0.6 is 11.6 Å². The van der Waals surface area contributed by atoms with Crippen LogP contribution in [0.1, 0.15) is 22.7 Å². The Morgan fingerprint density at radius 3 is 1.86 bits per heavy atom. The Labute approximate surface area is 209 Å². The molecule has 1 unspecified atom stereocenters. The minimum atomic E-state index is -1.26. The van der Waals surface area contributed by atoms with Gasteiger partial charge >= 0.3 is 11.9 Å². The van der Waals surface area contributed by atoms with Gasteiger partial charge in [0.05, 0.1) is 0 Å². The van der Waals surface area contributed by atoms with E-state index < -0.39 is 11.9 Å². The number of nitrogens with zero attached hydrogens (tertiary/aromatic N) is 1. The second-order valence-electron chi connectivity index (χ2n) is 7.57. The van der Waals surface area contributed by atoms with Gasteiger partial charge in [0.15, 0.2) is 0 Å². The largest absolute Gasteiger partial charge is 0.478 e. The van der Waals surface area contributed by atoms with Crippen LogP contribution in [0.5, 0.6) is 0 Å². The normalized spacial score (nSPS) is 11.4. The fourth-order valence-corrected chi connectivity index (χ4v) is 3.36. The molecule has 3 aromatic carbocycles. The van der Waals surface area contributed by atoms with Gasteiger partial charge in [-0.3, -0.25) is 9.69 Å². The summed E-state index contributed by atoms with van der Waals surface area (Å²) in [5.74, 6) is -2.53. The van der Waals surface area contributed by atoms with Gasteiger partial charge in [-0.15, -0.1) is 0 Å². The van der Waals surface area contributed by atoms with Crippen LogP contribution in [0.2, 0.25) is 5.02 Å². The fourth-order valence-electron chi connectivity index (χ4n) is 3.23. The summed E-state index contributed by atoms with van der Waals surface area (Å²) < 4.78 is 0. The third-order valence-corrected chi connectivity index (χ3v) is 5.08. The minimum Gasteiger partial charge on any atom is -0.478 e. The summed E-state index contributed by atoms with van der Waals surface area (Å²) in [5.41, 5.74) is 3.16. The first-order valence-electron chi connectivity index (χ1n) is 10.7. The van der Waals surface area contributed by atoms with Gasteiger partial charge in [0, 0.05) is 30.3 Å². The van der Waals surface area contributed by atoms with Crippen LogP contribution in [0.3, 0.4) is 0 Å². The molecule has 3 aromatic rings. The number of carboxylic acids is 2. The molecule has 8 heteroatoms. The molecule has 0 aliphatic carbocycles. The van der Waals surface area contributed by atoms with E-state index >= 15 is 0 Å². The molecule has 0 bridgehead atoms. The van der Waals surface area contributed by atoms with E-state index in [0.29, 0.717) is 30.3 Å². The number of carbonyl (C=O) groups is 3. The summed E-state index contributed by atoms with van der Waals surface area (Å²) in [4.78, 5) is 34.2. The molecule has 3 rings (SSSR count). The number of rotatable bonds is 9. The van der Waals surface area contributed by atoms with Gasteiger partial charge in [0.1, 0.15) is 6.04 Å². The van der Waals surface area contributed by atoms with Gasteiger partial charge in [-0.2, -0.15) is 0 Å². The Balaban J connectivity index is 0.000000466. The first kappa shape index (κ1) is 27.3. The molecular weight excluding hydrogens is 468 g/mol. The second kappa shape index (κ2) is 14.3. The van der Waals surface area contributed by atoms with Crippen molar-refractivity contribution in [3.8, 4) is 0 Å². The van der Waals surface area contributed by atoms with E-state index in [2.05, 4.69) is 10.2 Å².